The summed E-state index contributed by atoms with van der Waals surface area (Å²) < 4.78 is 0. The Kier molecular flexibility index (Phi) is 3.16. The van der Waals surface area contributed by atoms with Crippen molar-refractivity contribution in [2.24, 2.45) is 0 Å². The molecule has 0 N–H and O–H groups in total. The zero-order chi connectivity index (χ0) is 13.1. The predicted molar refractivity (Wildman–Crippen MR) is 76.2 cm³/mol. The Labute approximate surface area is 114 Å². The van der Waals surface area contributed by atoms with Gasteiger partial charge in [-0.05, 0) is 18.2 Å². The maximum absolute atomic E-state index is 11.2. The molecule has 0 aliphatic rings. The van der Waals surface area contributed by atoms with Crippen LogP contribution in [-0.4, -0.2) is 16.3 Å². The highest BCUT2D eigenvalue weighted by atomic mass is 32.1. The summed E-state index contributed by atoms with van der Waals surface area (Å²) >= 11 is 1.58. The third-order valence-electron chi connectivity index (χ3n) is 2.76. The van der Waals surface area contributed by atoms with Crippen LogP contribution in [0.4, 0.5) is 0 Å². The Morgan fingerprint density at radius 3 is 2.26 bits per heavy atom. The summed E-state index contributed by atoms with van der Waals surface area (Å²) in [6, 6.07) is 9.60. The summed E-state index contributed by atoms with van der Waals surface area (Å²) in [5.41, 5.74) is 2.67. The minimum Gasteiger partial charge on any atom is -0.298 e. The molecular formula is C15H10N2OS. The molecule has 3 heterocycles. The number of hydrogen-bond donors (Lipinski definition) is 0. The second kappa shape index (κ2) is 5.12. The molecule has 0 radical (unpaired) electrons. The van der Waals surface area contributed by atoms with Crippen molar-refractivity contribution in [2.75, 3.05) is 0 Å². The quantitative estimate of drug-likeness (QED) is 0.679. The van der Waals surface area contributed by atoms with Crippen molar-refractivity contribution in [1.29, 1.82) is 0 Å². The molecule has 92 valence electrons. The Balaban J connectivity index is 2.12. The fourth-order valence-corrected chi connectivity index (χ4v) is 2.97. The van der Waals surface area contributed by atoms with Crippen molar-refractivity contribution in [2.45, 2.75) is 0 Å². The largest absolute Gasteiger partial charge is 0.298 e. The summed E-state index contributed by atoms with van der Waals surface area (Å²) in [5, 5.41) is 0. The van der Waals surface area contributed by atoms with Crippen LogP contribution in [0.15, 0.2) is 55.1 Å². The number of carbonyl (C=O) groups excluding carboxylic acids is 1. The first kappa shape index (κ1) is 11.7. The van der Waals surface area contributed by atoms with Gasteiger partial charge in [-0.3, -0.25) is 14.8 Å². The molecule has 0 atom stereocenters. The van der Waals surface area contributed by atoms with Gasteiger partial charge in [0.1, 0.15) is 0 Å². The smallest absolute Gasteiger partial charge is 0.151 e. The molecular weight excluding hydrogens is 256 g/mol. The van der Waals surface area contributed by atoms with Gasteiger partial charge in [0.05, 0.1) is 0 Å². The average molecular weight is 266 g/mol. The van der Waals surface area contributed by atoms with Gasteiger partial charge < -0.3 is 0 Å². The normalized spacial score (nSPS) is 10.3. The predicted octanol–water partition coefficient (Wildman–Crippen LogP) is 3.68. The zero-order valence-electron chi connectivity index (χ0n) is 9.98. The first-order chi connectivity index (χ1) is 9.38. The molecule has 0 saturated heterocycles. The number of hydrogen-bond acceptors (Lipinski definition) is 4. The van der Waals surface area contributed by atoms with E-state index >= 15 is 0 Å². The minimum atomic E-state index is 0.692. The van der Waals surface area contributed by atoms with E-state index in [9.17, 15) is 4.79 Å². The Morgan fingerprint density at radius 2 is 1.68 bits per heavy atom. The van der Waals surface area contributed by atoms with Crippen LogP contribution < -0.4 is 0 Å². The molecule has 19 heavy (non-hydrogen) atoms. The van der Waals surface area contributed by atoms with Crippen LogP contribution in [0.2, 0.25) is 0 Å². The van der Waals surface area contributed by atoms with Crippen molar-refractivity contribution in [3.05, 3.63) is 60.7 Å². The molecule has 0 saturated carbocycles. The molecule has 0 aromatic carbocycles. The van der Waals surface area contributed by atoms with Gasteiger partial charge in [0.2, 0.25) is 0 Å². The lowest BCUT2D eigenvalue weighted by atomic mass is 10.1. The zero-order valence-corrected chi connectivity index (χ0v) is 10.8. The summed E-state index contributed by atoms with van der Waals surface area (Å²) in [6.45, 7) is 0. The topological polar surface area (TPSA) is 42.9 Å². The van der Waals surface area contributed by atoms with Gasteiger partial charge in [0.15, 0.2) is 6.29 Å². The maximum atomic E-state index is 11.2. The van der Waals surface area contributed by atoms with Crippen molar-refractivity contribution >= 4 is 17.6 Å². The van der Waals surface area contributed by atoms with E-state index in [0.29, 0.717) is 5.56 Å². The lowest BCUT2D eigenvalue weighted by molar-refractivity contribution is 0.112. The molecule has 0 spiro atoms. The Morgan fingerprint density at radius 1 is 1.00 bits per heavy atom. The van der Waals surface area contributed by atoms with Gasteiger partial charge >= 0.3 is 0 Å². The van der Waals surface area contributed by atoms with Crippen LogP contribution in [0, 0.1) is 0 Å². The standard InChI is InChI=1S/C15H10N2OS/c18-10-13-7-14(11-3-1-5-16-8-11)19-15(13)12-4-2-6-17-9-12/h1-10H. The van der Waals surface area contributed by atoms with E-state index in [2.05, 4.69) is 9.97 Å². The molecule has 3 aromatic heterocycles. The summed E-state index contributed by atoms with van der Waals surface area (Å²) in [4.78, 5) is 21.4. The first-order valence-electron chi connectivity index (χ1n) is 5.78. The van der Waals surface area contributed by atoms with Crippen LogP contribution in [0.1, 0.15) is 10.4 Å². The molecule has 3 nitrogen and oxygen atoms in total. The molecule has 0 aliphatic carbocycles. The van der Waals surface area contributed by atoms with E-state index in [1.807, 2.05) is 30.3 Å². The summed E-state index contributed by atoms with van der Waals surface area (Å²) in [6.07, 6.45) is 7.91. The molecule has 0 aliphatic heterocycles. The van der Waals surface area contributed by atoms with Crippen molar-refractivity contribution in [1.82, 2.24) is 9.97 Å². The van der Waals surface area contributed by atoms with E-state index in [-0.39, 0.29) is 0 Å². The number of thiophene rings is 1. The van der Waals surface area contributed by atoms with Crippen LogP contribution in [0.3, 0.4) is 0 Å². The van der Waals surface area contributed by atoms with Gasteiger partial charge in [0, 0.05) is 51.2 Å². The lowest BCUT2D eigenvalue weighted by Crippen LogP contribution is -1.80. The Hall–Kier alpha value is -2.33. The van der Waals surface area contributed by atoms with Crippen LogP contribution in [-0.2, 0) is 0 Å². The number of carbonyl (C=O) groups is 1. The van der Waals surface area contributed by atoms with Crippen molar-refractivity contribution in [3.63, 3.8) is 0 Å². The molecule has 0 unspecified atom stereocenters. The number of aldehydes is 1. The van der Waals surface area contributed by atoms with Gasteiger partial charge in [-0.15, -0.1) is 11.3 Å². The number of aromatic nitrogens is 2. The monoisotopic (exact) mass is 266 g/mol. The first-order valence-corrected chi connectivity index (χ1v) is 6.60. The highest BCUT2D eigenvalue weighted by Crippen LogP contribution is 2.36. The number of rotatable bonds is 3. The van der Waals surface area contributed by atoms with E-state index in [4.69, 9.17) is 0 Å². The van der Waals surface area contributed by atoms with E-state index in [1.54, 1.807) is 36.1 Å². The average Bonchev–Trinajstić information content (AvgIpc) is 2.93. The molecule has 3 aromatic rings. The summed E-state index contributed by atoms with van der Waals surface area (Å²) in [5.74, 6) is 0. The minimum absolute atomic E-state index is 0.692. The second-order valence-corrected chi connectivity index (χ2v) is 5.05. The van der Waals surface area contributed by atoms with Gasteiger partial charge in [-0.1, -0.05) is 12.1 Å². The van der Waals surface area contributed by atoms with Crippen LogP contribution in [0.25, 0.3) is 20.9 Å². The molecule has 0 fully saturated rings. The van der Waals surface area contributed by atoms with Crippen molar-refractivity contribution in [3.8, 4) is 20.9 Å². The SMILES string of the molecule is O=Cc1cc(-c2cccnc2)sc1-c1cccnc1. The number of pyridine rings is 2. The summed E-state index contributed by atoms with van der Waals surface area (Å²) in [7, 11) is 0. The van der Waals surface area contributed by atoms with Gasteiger partial charge in [-0.2, -0.15) is 0 Å². The second-order valence-electron chi connectivity index (χ2n) is 4.00. The fourth-order valence-electron chi connectivity index (χ4n) is 1.87. The molecule has 3 rings (SSSR count). The number of nitrogens with zero attached hydrogens (tertiary/aromatic N) is 2. The van der Waals surface area contributed by atoms with Crippen LogP contribution >= 0.6 is 11.3 Å². The maximum Gasteiger partial charge on any atom is 0.151 e. The fraction of sp³-hybridized carbons (Fsp3) is 0. The Bertz CT molecular complexity index is 693. The van der Waals surface area contributed by atoms with Crippen LogP contribution in [0.5, 0.6) is 0 Å². The third kappa shape index (κ3) is 2.30. The van der Waals surface area contributed by atoms with Gasteiger partial charge in [-0.25, -0.2) is 0 Å². The highest BCUT2D eigenvalue weighted by Gasteiger charge is 2.11. The highest BCUT2D eigenvalue weighted by molar-refractivity contribution is 7.19. The lowest BCUT2D eigenvalue weighted by Gasteiger charge is -1.97. The van der Waals surface area contributed by atoms with E-state index in [1.165, 1.54) is 0 Å². The molecule has 0 bridgehead atoms. The van der Waals surface area contributed by atoms with E-state index in [0.717, 1.165) is 27.2 Å². The van der Waals surface area contributed by atoms with E-state index < -0.39 is 0 Å². The van der Waals surface area contributed by atoms with Crippen molar-refractivity contribution < 1.29 is 4.79 Å². The molecule has 0 amide bonds. The third-order valence-corrected chi connectivity index (χ3v) is 4.01. The molecule has 4 heteroatoms. The van der Waals surface area contributed by atoms with Gasteiger partial charge in [0.25, 0.3) is 0 Å².